The minimum atomic E-state index is 0.722. The van der Waals surface area contributed by atoms with E-state index in [4.69, 9.17) is 0 Å². The summed E-state index contributed by atoms with van der Waals surface area (Å²) in [5, 5.41) is 22.5. The van der Waals surface area contributed by atoms with Crippen LogP contribution in [0.15, 0.2) is 42.5 Å². The van der Waals surface area contributed by atoms with E-state index in [0.717, 1.165) is 60.5 Å². The van der Waals surface area contributed by atoms with Crippen molar-refractivity contribution in [1.82, 2.24) is 20.0 Å². The summed E-state index contributed by atoms with van der Waals surface area (Å²) in [7, 11) is 0. The van der Waals surface area contributed by atoms with E-state index in [1.807, 2.05) is 61.0 Å². The van der Waals surface area contributed by atoms with Crippen molar-refractivity contribution >= 4 is 11.5 Å². The quantitative estimate of drug-likeness (QED) is 0.715. The van der Waals surface area contributed by atoms with E-state index >= 15 is 0 Å². The number of para-hydroxylation sites is 1. The maximum atomic E-state index is 9.31. The van der Waals surface area contributed by atoms with E-state index in [9.17, 15) is 5.26 Å². The summed E-state index contributed by atoms with van der Waals surface area (Å²) >= 11 is 0. The molecule has 7 heteroatoms. The number of piperazine rings is 1. The Hall–Kier alpha value is -3.40. The lowest BCUT2D eigenvalue weighted by molar-refractivity contribution is 0.641. The molecule has 0 atom stereocenters. The van der Waals surface area contributed by atoms with Crippen molar-refractivity contribution in [3.8, 4) is 11.9 Å². The van der Waals surface area contributed by atoms with Gasteiger partial charge in [-0.25, -0.2) is 4.68 Å². The zero-order chi connectivity index (χ0) is 18.8. The van der Waals surface area contributed by atoms with Crippen molar-refractivity contribution in [2.24, 2.45) is 0 Å². The maximum Gasteiger partial charge on any atom is 0.176 e. The number of hydrogen-bond acceptors (Lipinski definition) is 6. The third-order valence-electron chi connectivity index (χ3n) is 4.83. The smallest absolute Gasteiger partial charge is 0.176 e. The summed E-state index contributed by atoms with van der Waals surface area (Å²) in [6.45, 7) is 7.35. The Bertz CT molecular complexity index is 976. The van der Waals surface area contributed by atoms with Crippen LogP contribution >= 0.6 is 0 Å². The molecule has 0 unspecified atom stereocenters. The summed E-state index contributed by atoms with van der Waals surface area (Å²) in [4.78, 5) is 4.48. The number of aromatic nitrogens is 4. The molecule has 1 aliphatic heterocycles. The Morgan fingerprint density at radius 1 is 0.889 bits per heavy atom. The van der Waals surface area contributed by atoms with Crippen LogP contribution in [0, 0.1) is 25.2 Å². The van der Waals surface area contributed by atoms with Crippen molar-refractivity contribution in [1.29, 1.82) is 5.26 Å². The van der Waals surface area contributed by atoms with Crippen LogP contribution in [0.5, 0.6) is 0 Å². The number of anilines is 2. The number of nitrogens with zero attached hydrogens (tertiary/aromatic N) is 7. The first-order valence-electron chi connectivity index (χ1n) is 9.02. The molecular formula is C20H21N7. The molecule has 1 aliphatic rings. The summed E-state index contributed by atoms with van der Waals surface area (Å²) in [5.74, 6) is 1.60. The topological polar surface area (TPSA) is 73.9 Å². The number of aryl methyl sites for hydroxylation is 2. The number of hydrogen-bond donors (Lipinski definition) is 0. The standard InChI is InChI=1S/C20H21N7/c1-15-13-16(2)27(24-15)20-8-7-19(22-23-20)26-11-9-25(10-12-26)18-6-4-3-5-17(18)14-21/h3-8,13H,9-12H2,1-2H3. The van der Waals surface area contributed by atoms with Crippen LogP contribution in [0.25, 0.3) is 5.82 Å². The van der Waals surface area contributed by atoms with Crippen molar-refractivity contribution in [2.75, 3.05) is 36.0 Å². The minimum absolute atomic E-state index is 0.722. The van der Waals surface area contributed by atoms with E-state index in [-0.39, 0.29) is 0 Å². The molecule has 0 radical (unpaired) electrons. The van der Waals surface area contributed by atoms with Crippen molar-refractivity contribution in [3.63, 3.8) is 0 Å². The van der Waals surface area contributed by atoms with Crippen molar-refractivity contribution in [3.05, 3.63) is 59.4 Å². The molecule has 0 N–H and O–H groups in total. The van der Waals surface area contributed by atoms with Crippen LogP contribution in [-0.4, -0.2) is 46.2 Å². The normalized spacial score (nSPS) is 14.3. The van der Waals surface area contributed by atoms with Gasteiger partial charge >= 0.3 is 0 Å². The molecule has 7 nitrogen and oxygen atoms in total. The van der Waals surface area contributed by atoms with E-state index in [0.29, 0.717) is 0 Å². The Balaban J connectivity index is 1.46. The van der Waals surface area contributed by atoms with Gasteiger partial charge in [-0.1, -0.05) is 12.1 Å². The SMILES string of the molecule is Cc1cc(C)n(-c2ccc(N3CCN(c4ccccc4C#N)CC3)nn2)n1. The summed E-state index contributed by atoms with van der Waals surface area (Å²) in [6, 6.07) is 16.0. The lowest BCUT2D eigenvalue weighted by Crippen LogP contribution is -2.47. The van der Waals surface area contributed by atoms with Crippen molar-refractivity contribution < 1.29 is 0 Å². The summed E-state index contributed by atoms with van der Waals surface area (Å²) in [6.07, 6.45) is 0. The van der Waals surface area contributed by atoms with Gasteiger partial charge in [-0.05, 0) is 44.2 Å². The zero-order valence-corrected chi connectivity index (χ0v) is 15.5. The first-order chi connectivity index (χ1) is 13.2. The van der Waals surface area contributed by atoms with Gasteiger partial charge in [0.1, 0.15) is 6.07 Å². The van der Waals surface area contributed by atoms with Gasteiger partial charge in [0.2, 0.25) is 0 Å². The Morgan fingerprint density at radius 2 is 1.56 bits per heavy atom. The molecule has 2 aromatic heterocycles. The van der Waals surface area contributed by atoms with Gasteiger partial charge in [-0.3, -0.25) is 0 Å². The highest BCUT2D eigenvalue weighted by Crippen LogP contribution is 2.22. The maximum absolute atomic E-state index is 9.31. The average Bonchev–Trinajstić information content (AvgIpc) is 3.06. The lowest BCUT2D eigenvalue weighted by atomic mass is 10.1. The molecule has 0 bridgehead atoms. The van der Waals surface area contributed by atoms with Crippen LogP contribution in [-0.2, 0) is 0 Å². The summed E-state index contributed by atoms with van der Waals surface area (Å²) in [5.41, 5.74) is 3.73. The van der Waals surface area contributed by atoms with Crippen LogP contribution in [0.3, 0.4) is 0 Å². The van der Waals surface area contributed by atoms with Gasteiger partial charge in [0.05, 0.1) is 16.9 Å². The second-order valence-corrected chi connectivity index (χ2v) is 6.69. The highest BCUT2D eigenvalue weighted by atomic mass is 15.4. The molecular weight excluding hydrogens is 338 g/mol. The molecule has 0 amide bonds. The van der Waals surface area contributed by atoms with Crippen molar-refractivity contribution in [2.45, 2.75) is 13.8 Å². The average molecular weight is 359 g/mol. The molecule has 4 rings (SSSR count). The number of rotatable bonds is 3. The van der Waals surface area contributed by atoms with Gasteiger partial charge in [0.25, 0.3) is 0 Å². The largest absolute Gasteiger partial charge is 0.367 e. The fourth-order valence-corrected chi connectivity index (χ4v) is 3.48. The Morgan fingerprint density at radius 3 is 2.19 bits per heavy atom. The van der Waals surface area contributed by atoms with E-state index in [1.165, 1.54) is 0 Å². The van der Waals surface area contributed by atoms with E-state index in [1.54, 1.807) is 0 Å². The first-order valence-corrected chi connectivity index (χ1v) is 9.02. The fraction of sp³-hybridized carbons (Fsp3) is 0.300. The summed E-state index contributed by atoms with van der Waals surface area (Å²) < 4.78 is 1.81. The second kappa shape index (κ2) is 7.08. The first kappa shape index (κ1) is 17.0. The molecule has 27 heavy (non-hydrogen) atoms. The highest BCUT2D eigenvalue weighted by molar-refractivity contribution is 5.60. The second-order valence-electron chi connectivity index (χ2n) is 6.69. The predicted molar refractivity (Wildman–Crippen MR) is 104 cm³/mol. The molecule has 3 heterocycles. The van der Waals surface area contributed by atoms with Crippen LogP contribution < -0.4 is 9.80 Å². The molecule has 1 fully saturated rings. The molecule has 1 saturated heterocycles. The molecule has 0 aliphatic carbocycles. The van der Waals surface area contributed by atoms with Crippen LogP contribution in [0.4, 0.5) is 11.5 Å². The molecule has 0 spiro atoms. The molecule has 0 saturated carbocycles. The van der Waals surface area contributed by atoms with Gasteiger partial charge in [-0.15, -0.1) is 10.2 Å². The zero-order valence-electron chi connectivity index (χ0n) is 15.5. The van der Waals surface area contributed by atoms with Crippen LogP contribution in [0.2, 0.25) is 0 Å². The predicted octanol–water partition coefficient (Wildman–Crippen LogP) is 2.48. The fourth-order valence-electron chi connectivity index (χ4n) is 3.48. The molecule has 136 valence electrons. The van der Waals surface area contributed by atoms with Gasteiger partial charge in [0.15, 0.2) is 11.6 Å². The Kier molecular flexibility index (Phi) is 4.47. The van der Waals surface area contributed by atoms with E-state index < -0.39 is 0 Å². The monoisotopic (exact) mass is 359 g/mol. The van der Waals surface area contributed by atoms with Crippen LogP contribution in [0.1, 0.15) is 17.0 Å². The third-order valence-corrected chi connectivity index (χ3v) is 4.83. The number of benzene rings is 1. The number of nitriles is 1. The highest BCUT2D eigenvalue weighted by Gasteiger charge is 2.20. The van der Waals surface area contributed by atoms with E-state index in [2.05, 4.69) is 31.2 Å². The molecule has 1 aromatic carbocycles. The van der Waals surface area contributed by atoms with Gasteiger partial charge < -0.3 is 9.80 Å². The Labute approximate surface area is 158 Å². The van der Waals surface area contributed by atoms with Gasteiger partial charge in [0, 0.05) is 31.9 Å². The van der Waals surface area contributed by atoms with Gasteiger partial charge in [-0.2, -0.15) is 10.4 Å². The lowest BCUT2D eigenvalue weighted by Gasteiger charge is -2.36. The third kappa shape index (κ3) is 3.34. The molecule has 3 aromatic rings. The minimum Gasteiger partial charge on any atom is -0.367 e.